The van der Waals surface area contributed by atoms with Crippen molar-refractivity contribution in [2.24, 2.45) is 0 Å². The summed E-state index contributed by atoms with van der Waals surface area (Å²) < 4.78 is 0. The topological polar surface area (TPSA) is 75.5 Å². The molecule has 0 aliphatic heterocycles. The molecule has 0 bridgehead atoms. The molecular weight excluding hydrogens is 365 g/mol. The summed E-state index contributed by atoms with van der Waals surface area (Å²) in [4.78, 5) is 24.8. The highest BCUT2D eigenvalue weighted by molar-refractivity contribution is 6.39. The number of amides is 1. The van der Waals surface area contributed by atoms with Crippen molar-refractivity contribution in [2.45, 2.75) is 13.8 Å². The molecule has 1 amide bonds. The number of rotatable bonds is 6. The predicted octanol–water partition coefficient (Wildman–Crippen LogP) is 4.68. The van der Waals surface area contributed by atoms with Crippen molar-refractivity contribution in [1.29, 1.82) is 0 Å². The van der Waals surface area contributed by atoms with Gasteiger partial charge in [0.25, 0.3) is 5.69 Å². The third kappa shape index (κ3) is 4.61. The maximum atomic E-state index is 12.4. The van der Waals surface area contributed by atoms with Gasteiger partial charge in [-0.25, -0.2) is 0 Å². The Kier molecular flexibility index (Phi) is 6.22. The predicted molar refractivity (Wildman–Crippen MR) is 101 cm³/mol. The van der Waals surface area contributed by atoms with Crippen molar-refractivity contribution in [2.75, 3.05) is 23.3 Å². The molecule has 8 heteroatoms. The molecule has 2 aromatic rings. The molecule has 0 saturated heterocycles. The number of nitrogens with zero attached hydrogens (tertiary/aromatic N) is 2. The minimum Gasteiger partial charge on any atom is -0.357 e. The Balaban J connectivity index is 2.23. The smallest absolute Gasteiger partial charge is 0.292 e. The highest BCUT2D eigenvalue weighted by atomic mass is 35.5. The zero-order chi connectivity index (χ0) is 18.6. The van der Waals surface area contributed by atoms with Gasteiger partial charge in [0.15, 0.2) is 0 Å². The second-order valence-corrected chi connectivity index (χ2v) is 6.22. The molecule has 0 spiro atoms. The molecule has 0 aliphatic rings. The summed E-state index contributed by atoms with van der Waals surface area (Å²) in [6, 6.07) is 9.81. The summed E-state index contributed by atoms with van der Waals surface area (Å²) in [5, 5.41) is 14.6. The zero-order valence-corrected chi connectivity index (χ0v) is 15.3. The first kappa shape index (κ1) is 19.0. The normalized spacial score (nSPS) is 10.4. The van der Waals surface area contributed by atoms with Crippen molar-refractivity contribution in [1.82, 2.24) is 0 Å². The Hall–Kier alpha value is -2.31. The zero-order valence-electron chi connectivity index (χ0n) is 13.8. The lowest BCUT2D eigenvalue weighted by molar-refractivity contribution is -0.384. The summed E-state index contributed by atoms with van der Waals surface area (Å²) in [7, 11) is 0. The van der Waals surface area contributed by atoms with Gasteiger partial charge >= 0.3 is 0 Å². The highest BCUT2D eigenvalue weighted by Gasteiger charge is 2.21. The van der Waals surface area contributed by atoms with Crippen molar-refractivity contribution < 1.29 is 9.72 Å². The molecule has 0 unspecified atom stereocenters. The number of likely N-dealkylation sites (N-methyl/N-ethyl adjacent to an activating group) is 1. The Morgan fingerprint density at radius 2 is 1.88 bits per heavy atom. The van der Waals surface area contributed by atoms with E-state index in [1.165, 1.54) is 6.07 Å². The van der Waals surface area contributed by atoms with Crippen LogP contribution in [0.25, 0.3) is 0 Å². The summed E-state index contributed by atoms with van der Waals surface area (Å²) >= 11 is 12.1. The molecule has 25 heavy (non-hydrogen) atoms. The lowest BCUT2D eigenvalue weighted by Gasteiger charge is -2.22. The molecule has 0 saturated carbocycles. The minimum absolute atomic E-state index is 0.0366. The van der Waals surface area contributed by atoms with Crippen LogP contribution in [0.2, 0.25) is 10.0 Å². The number of carbonyl (C=O) groups excluding carboxylic acids is 1. The van der Waals surface area contributed by atoms with Gasteiger partial charge in [-0.1, -0.05) is 35.3 Å². The fraction of sp³-hybridized carbons (Fsp3) is 0.235. The molecule has 0 atom stereocenters. The highest BCUT2D eigenvalue weighted by Crippen LogP contribution is 2.31. The number of anilines is 2. The SMILES string of the molecule is CCN(CC(=O)Nc1c(Cl)cccc1Cl)c1ccc(C)cc1[N+](=O)[O-]. The van der Waals surface area contributed by atoms with Gasteiger partial charge in [-0.15, -0.1) is 0 Å². The van der Waals surface area contributed by atoms with Crippen LogP contribution < -0.4 is 10.2 Å². The number of nitro benzene ring substituents is 1. The summed E-state index contributed by atoms with van der Waals surface area (Å²) in [5.41, 5.74) is 1.45. The number of nitrogens with one attached hydrogen (secondary N) is 1. The first-order chi connectivity index (χ1) is 11.8. The second kappa shape index (κ2) is 8.18. The molecule has 0 aromatic heterocycles. The molecule has 2 rings (SSSR count). The average molecular weight is 382 g/mol. The van der Waals surface area contributed by atoms with E-state index in [4.69, 9.17) is 23.2 Å². The van der Waals surface area contributed by atoms with E-state index in [9.17, 15) is 14.9 Å². The molecule has 0 fully saturated rings. The van der Waals surface area contributed by atoms with Crippen LogP contribution >= 0.6 is 23.2 Å². The van der Waals surface area contributed by atoms with Gasteiger partial charge in [-0.2, -0.15) is 0 Å². The number of para-hydroxylation sites is 1. The fourth-order valence-electron chi connectivity index (χ4n) is 2.38. The van der Waals surface area contributed by atoms with Gasteiger partial charge in [0, 0.05) is 12.6 Å². The second-order valence-electron chi connectivity index (χ2n) is 5.41. The number of carbonyl (C=O) groups is 1. The molecule has 0 radical (unpaired) electrons. The number of benzene rings is 2. The first-order valence-electron chi connectivity index (χ1n) is 7.57. The molecule has 6 nitrogen and oxygen atoms in total. The standard InChI is InChI=1S/C17H17Cl2N3O3/c1-3-21(14-8-7-11(2)9-15(14)22(24)25)10-16(23)20-17-12(18)5-4-6-13(17)19/h4-9H,3,10H2,1-2H3,(H,20,23). The Morgan fingerprint density at radius 1 is 1.24 bits per heavy atom. The van der Waals surface area contributed by atoms with Gasteiger partial charge in [0.2, 0.25) is 5.91 Å². The Morgan fingerprint density at radius 3 is 2.44 bits per heavy atom. The lowest BCUT2D eigenvalue weighted by Crippen LogP contribution is -2.33. The fourth-order valence-corrected chi connectivity index (χ4v) is 2.88. The van der Waals surface area contributed by atoms with Crippen molar-refractivity contribution in [3.8, 4) is 0 Å². The maximum absolute atomic E-state index is 12.4. The van der Waals surface area contributed by atoms with Crippen LogP contribution in [0.15, 0.2) is 36.4 Å². The molecule has 132 valence electrons. The van der Waals surface area contributed by atoms with Crippen LogP contribution in [0.4, 0.5) is 17.1 Å². The molecular formula is C17H17Cl2N3O3. The molecule has 1 N–H and O–H groups in total. The van der Waals surface area contributed by atoms with Gasteiger partial charge in [-0.3, -0.25) is 14.9 Å². The number of hydrogen-bond donors (Lipinski definition) is 1. The Labute approximate surface area is 155 Å². The Bertz CT molecular complexity index is 791. The summed E-state index contributed by atoms with van der Waals surface area (Å²) in [5.74, 6) is -0.369. The van der Waals surface area contributed by atoms with E-state index in [0.29, 0.717) is 28.0 Å². The van der Waals surface area contributed by atoms with E-state index < -0.39 is 4.92 Å². The summed E-state index contributed by atoms with van der Waals surface area (Å²) in [6.45, 7) is 3.95. The van der Waals surface area contributed by atoms with Crippen LogP contribution in [0.3, 0.4) is 0 Å². The van der Waals surface area contributed by atoms with Gasteiger partial charge < -0.3 is 10.2 Å². The van der Waals surface area contributed by atoms with E-state index >= 15 is 0 Å². The van der Waals surface area contributed by atoms with E-state index in [-0.39, 0.29) is 18.1 Å². The number of hydrogen-bond acceptors (Lipinski definition) is 4. The molecule has 2 aromatic carbocycles. The van der Waals surface area contributed by atoms with Crippen LogP contribution in [-0.2, 0) is 4.79 Å². The van der Waals surface area contributed by atoms with Gasteiger partial charge in [-0.05, 0) is 37.6 Å². The largest absolute Gasteiger partial charge is 0.357 e. The maximum Gasteiger partial charge on any atom is 0.292 e. The molecule has 0 heterocycles. The monoisotopic (exact) mass is 381 g/mol. The number of nitro groups is 1. The average Bonchev–Trinajstić information content (AvgIpc) is 2.56. The van der Waals surface area contributed by atoms with Gasteiger partial charge in [0.05, 0.1) is 27.2 Å². The third-order valence-electron chi connectivity index (χ3n) is 3.61. The van der Waals surface area contributed by atoms with Crippen molar-refractivity contribution >= 4 is 46.2 Å². The van der Waals surface area contributed by atoms with E-state index in [1.54, 1.807) is 42.2 Å². The van der Waals surface area contributed by atoms with Gasteiger partial charge in [0.1, 0.15) is 5.69 Å². The van der Waals surface area contributed by atoms with Crippen molar-refractivity contribution in [3.63, 3.8) is 0 Å². The number of halogens is 2. The van der Waals surface area contributed by atoms with Crippen molar-refractivity contribution in [3.05, 3.63) is 62.1 Å². The first-order valence-corrected chi connectivity index (χ1v) is 8.33. The van der Waals surface area contributed by atoms with Crippen LogP contribution in [0, 0.1) is 17.0 Å². The van der Waals surface area contributed by atoms with Crippen LogP contribution in [0.5, 0.6) is 0 Å². The van der Waals surface area contributed by atoms with E-state index in [0.717, 1.165) is 5.56 Å². The lowest BCUT2D eigenvalue weighted by atomic mass is 10.1. The third-order valence-corrected chi connectivity index (χ3v) is 4.24. The minimum atomic E-state index is -0.451. The van der Waals surface area contributed by atoms with E-state index in [1.807, 2.05) is 6.92 Å². The van der Waals surface area contributed by atoms with Crippen LogP contribution in [0.1, 0.15) is 12.5 Å². The molecule has 0 aliphatic carbocycles. The van der Waals surface area contributed by atoms with Crippen LogP contribution in [-0.4, -0.2) is 23.9 Å². The number of aryl methyl sites for hydroxylation is 1. The summed E-state index contributed by atoms with van der Waals surface area (Å²) in [6.07, 6.45) is 0. The quantitative estimate of drug-likeness (QED) is 0.582. The van der Waals surface area contributed by atoms with E-state index in [2.05, 4.69) is 5.32 Å².